The van der Waals surface area contributed by atoms with Gasteiger partial charge in [0.25, 0.3) is 5.91 Å². The van der Waals surface area contributed by atoms with Gasteiger partial charge >= 0.3 is 0 Å². The Morgan fingerprint density at radius 3 is 2.67 bits per heavy atom. The van der Waals surface area contributed by atoms with Crippen molar-refractivity contribution >= 4 is 11.6 Å². The highest BCUT2D eigenvalue weighted by Gasteiger charge is 2.42. The summed E-state index contributed by atoms with van der Waals surface area (Å²) in [6.45, 7) is 6.76. The third-order valence-corrected chi connectivity index (χ3v) is 3.56. The minimum Gasteiger partial charge on any atom is -0.397 e. The molecule has 1 aliphatic heterocycles. The van der Waals surface area contributed by atoms with Gasteiger partial charge in [-0.05, 0) is 26.3 Å². The van der Waals surface area contributed by atoms with Crippen molar-refractivity contribution in [2.75, 3.05) is 18.8 Å². The molecule has 1 aliphatic rings. The number of β-amino-alcohol motifs (C(OH)–C–C–N with tert-alkyl or cyclic N) is 1. The van der Waals surface area contributed by atoms with Crippen LogP contribution >= 0.6 is 0 Å². The van der Waals surface area contributed by atoms with E-state index >= 15 is 0 Å². The SMILES string of the molecule is CCC1(O)CN(C(=O)c2cc(N)cn2C(C)C)C1. The number of nitrogens with two attached hydrogens (primary N) is 1. The Balaban J connectivity index is 2.16. The number of hydrogen-bond donors (Lipinski definition) is 2. The van der Waals surface area contributed by atoms with E-state index in [4.69, 9.17) is 5.73 Å². The fourth-order valence-electron chi connectivity index (χ4n) is 2.29. The molecule has 1 aromatic rings. The van der Waals surface area contributed by atoms with Crippen LogP contribution in [0.2, 0.25) is 0 Å². The van der Waals surface area contributed by atoms with Crippen LogP contribution in [-0.4, -0.2) is 39.2 Å². The molecule has 0 saturated carbocycles. The van der Waals surface area contributed by atoms with E-state index in [1.54, 1.807) is 17.2 Å². The van der Waals surface area contributed by atoms with E-state index in [1.807, 2.05) is 25.3 Å². The van der Waals surface area contributed by atoms with Crippen LogP contribution in [0.3, 0.4) is 0 Å². The number of likely N-dealkylation sites (tertiary alicyclic amines) is 1. The Morgan fingerprint density at radius 1 is 1.56 bits per heavy atom. The van der Waals surface area contributed by atoms with Gasteiger partial charge in [0, 0.05) is 12.2 Å². The van der Waals surface area contributed by atoms with E-state index in [2.05, 4.69) is 0 Å². The Bertz CT molecular complexity index is 459. The number of anilines is 1. The summed E-state index contributed by atoms with van der Waals surface area (Å²) >= 11 is 0. The first-order valence-corrected chi connectivity index (χ1v) is 6.35. The lowest BCUT2D eigenvalue weighted by molar-refractivity contribution is -0.0829. The second kappa shape index (κ2) is 4.31. The van der Waals surface area contributed by atoms with E-state index in [0.29, 0.717) is 30.9 Å². The predicted octanol–water partition coefficient (Wildman–Crippen LogP) is 1.25. The molecule has 100 valence electrons. The van der Waals surface area contributed by atoms with Gasteiger partial charge in [0.2, 0.25) is 0 Å². The van der Waals surface area contributed by atoms with Crippen LogP contribution in [-0.2, 0) is 0 Å². The number of hydrogen-bond acceptors (Lipinski definition) is 3. The fourth-order valence-corrected chi connectivity index (χ4v) is 2.29. The molecular formula is C13H21N3O2. The lowest BCUT2D eigenvalue weighted by Crippen LogP contribution is -2.63. The number of aliphatic hydroxyl groups is 1. The summed E-state index contributed by atoms with van der Waals surface area (Å²) in [4.78, 5) is 14.0. The van der Waals surface area contributed by atoms with Gasteiger partial charge in [-0.25, -0.2) is 0 Å². The Hall–Kier alpha value is -1.49. The third-order valence-electron chi connectivity index (χ3n) is 3.56. The first kappa shape index (κ1) is 13.0. The van der Waals surface area contributed by atoms with Gasteiger partial charge in [0.15, 0.2) is 0 Å². The lowest BCUT2D eigenvalue weighted by atomic mass is 9.91. The standard InChI is InChI=1S/C13H21N3O2/c1-4-13(18)7-15(8-13)12(17)11-5-10(14)6-16(11)9(2)3/h5-6,9,18H,4,7-8,14H2,1-3H3. The number of aromatic nitrogens is 1. The van der Waals surface area contributed by atoms with Gasteiger partial charge in [-0.2, -0.15) is 0 Å². The summed E-state index contributed by atoms with van der Waals surface area (Å²) in [7, 11) is 0. The highest BCUT2D eigenvalue weighted by Crippen LogP contribution is 2.27. The van der Waals surface area contributed by atoms with Gasteiger partial charge in [0.1, 0.15) is 5.69 Å². The summed E-state index contributed by atoms with van der Waals surface area (Å²) < 4.78 is 1.88. The number of nitrogen functional groups attached to an aromatic ring is 1. The molecule has 1 fully saturated rings. The maximum Gasteiger partial charge on any atom is 0.270 e. The Kier molecular flexibility index (Phi) is 3.11. The third kappa shape index (κ3) is 2.10. The van der Waals surface area contributed by atoms with Crippen LogP contribution in [0.15, 0.2) is 12.3 Å². The molecular weight excluding hydrogens is 230 g/mol. The average molecular weight is 251 g/mol. The minimum absolute atomic E-state index is 0.0569. The van der Waals surface area contributed by atoms with Crippen molar-refractivity contribution in [2.24, 2.45) is 0 Å². The summed E-state index contributed by atoms with van der Waals surface area (Å²) in [5.41, 5.74) is 6.25. The molecule has 0 unspecified atom stereocenters. The first-order valence-electron chi connectivity index (χ1n) is 6.35. The molecule has 0 aromatic carbocycles. The van der Waals surface area contributed by atoms with Crippen molar-refractivity contribution in [1.82, 2.24) is 9.47 Å². The second-order valence-corrected chi connectivity index (χ2v) is 5.40. The van der Waals surface area contributed by atoms with Crippen molar-refractivity contribution in [3.05, 3.63) is 18.0 Å². The van der Waals surface area contributed by atoms with Crippen molar-refractivity contribution in [3.63, 3.8) is 0 Å². The number of amides is 1. The molecule has 1 aromatic heterocycles. The molecule has 0 spiro atoms. The summed E-state index contributed by atoms with van der Waals surface area (Å²) in [6, 6.07) is 1.89. The molecule has 18 heavy (non-hydrogen) atoms. The molecule has 1 saturated heterocycles. The summed E-state index contributed by atoms with van der Waals surface area (Å²) in [5, 5.41) is 9.94. The van der Waals surface area contributed by atoms with Gasteiger partial charge in [0.05, 0.1) is 24.4 Å². The molecule has 2 heterocycles. The van der Waals surface area contributed by atoms with E-state index in [9.17, 15) is 9.90 Å². The number of carbonyl (C=O) groups is 1. The first-order chi connectivity index (χ1) is 8.36. The Morgan fingerprint density at radius 2 is 2.17 bits per heavy atom. The smallest absolute Gasteiger partial charge is 0.270 e. The van der Waals surface area contributed by atoms with Crippen LogP contribution in [0.4, 0.5) is 5.69 Å². The monoisotopic (exact) mass is 251 g/mol. The van der Waals surface area contributed by atoms with Gasteiger partial charge in [-0.1, -0.05) is 6.92 Å². The van der Waals surface area contributed by atoms with Crippen LogP contribution < -0.4 is 5.73 Å². The zero-order valence-electron chi connectivity index (χ0n) is 11.2. The molecule has 0 aliphatic carbocycles. The number of nitrogens with zero attached hydrogens (tertiary/aromatic N) is 2. The second-order valence-electron chi connectivity index (χ2n) is 5.40. The summed E-state index contributed by atoms with van der Waals surface area (Å²) in [5.74, 6) is -0.0569. The molecule has 1 amide bonds. The van der Waals surface area contributed by atoms with Crippen LogP contribution in [0, 0.1) is 0 Å². The quantitative estimate of drug-likeness (QED) is 0.849. The highest BCUT2D eigenvalue weighted by molar-refractivity contribution is 5.94. The molecule has 2 rings (SSSR count). The maximum atomic E-state index is 12.3. The number of carbonyl (C=O) groups excluding carboxylic acids is 1. The van der Waals surface area contributed by atoms with E-state index in [1.165, 1.54) is 0 Å². The van der Waals surface area contributed by atoms with Gasteiger partial charge in [-0.3, -0.25) is 4.79 Å². The fraction of sp³-hybridized carbons (Fsp3) is 0.615. The van der Waals surface area contributed by atoms with E-state index in [-0.39, 0.29) is 11.9 Å². The molecule has 0 radical (unpaired) electrons. The largest absolute Gasteiger partial charge is 0.397 e. The van der Waals surface area contributed by atoms with Crippen molar-refractivity contribution < 1.29 is 9.90 Å². The van der Waals surface area contributed by atoms with Crippen molar-refractivity contribution in [2.45, 2.75) is 38.8 Å². The molecule has 0 bridgehead atoms. The zero-order chi connectivity index (χ0) is 13.5. The Labute approximate surface area is 107 Å². The summed E-state index contributed by atoms with van der Waals surface area (Å²) in [6.07, 6.45) is 2.45. The molecule has 3 N–H and O–H groups in total. The van der Waals surface area contributed by atoms with Crippen molar-refractivity contribution in [3.8, 4) is 0 Å². The molecule has 5 nitrogen and oxygen atoms in total. The van der Waals surface area contributed by atoms with Gasteiger partial charge < -0.3 is 20.3 Å². The van der Waals surface area contributed by atoms with Crippen molar-refractivity contribution in [1.29, 1.82) is 0 Å². The lowest BCUT2D eigenvalue weighted by Gasteiger charge is -2.46. The normalized spacial score (nSPS) is 17.9. The van der Waals surface area contributed by atoms with Crippen LogP contribution in [0.25, 0.3) is 0 Å². The molecule has 5 heteroatoms. The molecule has 0 atom stereocenters. The van der Waals surface area contributed by atoms with E-state index in [0.717, 1.165) is 0 Å². The predicted molar refractivity (Wildman–Crippen MR) is 70.4 cm³/mol. The van der Waals surface area contributed by atoms with E-state index < -0.39 is 5.60 Å². The minimum atomic E-state index is -0.698. The van der Waals surface area contributed by atoms with Crippen LogP contribution in [0.1, 0.15) is 43.7 Å². The topological polar surface area (TPSA) is 71.5 Å². The van der Waals surface area contributed by atoms with Crippen LogP contribution in [0.5, 0.6) is 0 Å². The number of rotatable bonds is 3. The average Bonchev–Trinajstić information content (AvgIpc) is 2.66. The van der Waals surface area contributed by atoms with Gasteiger partial charge in [-0.15, -0.1) is 0 Å². The zero-order valence-corrected chi connectivity index (χ0v) is 11.2. The highest BCUT2D eigenvalue weighted by atomic mass is 16.3. The maximum absolute atomic E-state index is 12.3.